The van der Waals surface area contributed by atoms with Crippen LogP contribution in [0.5, 0.6) is 0 Å². The van der Waals surface area contributed by atoms with Crippen molar-refractivity contribution in [2.45, 2.75) is 0 Å². The van der Waals surface area contributed by atoms with E-state index in [1.165, 1.54) is 0 Å². The van der Waals surface area contributed by atoms with Crippen molar-refractivity contribution in [2.24, 2.45) is 0 Å². The monoisotopic (exact) mass is 231 g/mol. The summed E-state index contributed by atoms with van der Waals surface area (Å²) in [5, 5.41) is 21.4. The Hall–Kier alpha value is -2.42. The number of rotatable bonds is 0. The summed E-state index contributed by atoms with van der Waals surface area (Å²) < 4.78 is 0. The van der Waals surface area contributed by atoms with Gasteiger partial charge < -0.3 is 16.2 Å². The second kappa shape index (κ2) is 22.9. The standard InChI is InChI=1S/C6H5Si.3CNO/c7-6-4-2-1-3-5-6;3*2-1-3/h1-5H;;;/q;3*-1. The molecule has 16 heavy (non-hydrogen) atoms. The maximum atomic E-state index is 8.24. The first-order valence-corrected chi connectivity index (χ1v) is 3.94. The summed E-state index contributed by atoms with van der Waals surface area (Å²) in [5.74, 6) is 0. The molecular weight excluding hydrogens is 226 g/mol. The molecule has 0 aliphatic heterocycles. The van der Waals surface area contributed by atoms with E-state index in [1.807, 2.05) is 30.3 Å². The molecule has 0 saturated carbocycles. The lowest BCUT2D eigenvalue weighted by Crippen LogP contribution is -1.97. The maximum Gasteiger partial charge on any atom is 0.0711 e. The van der Waals surface area contributed by atoms with E-state index in [2.05, 4.69) is 10.2 Å². The van der Waals surface area contributed by atoms with Crippen molar-refractivity contribution >= 4 is 33.7 Å². The molecule has 1 aromatic carbocycles. The summed E-state index contributed by atoms with van der Waals surface area (Å²) in [6.45, 7) is 0. The van der Waals surface area contributed by atoms with Crippen LogP contribution in [0.4, 0.5) is 0 Å². The highest BCUT2D eigenvalue weighted by molar-refractivity contribution is 6.32. The molecule has 0 atom stereocenters. The summed E-state index contributed by atoms with van der Waals surface area (Å²) in [5.41, 5.74) is 0. The molecule has 0 spiro atoms. The number of isocyanates is 3. The normalized spacial score (nSPS) is 5.31. The minimum Gasteiger partial charge on any atom is -0.724 e. The minimum absolute atomic E-state index is 0.500. The first-order chi connectivity index (χ1) is 7.64. The van der Waals surface area contributed by atoms with Crippen LogP contribution in [-0.4, -0.2) is 28.5 Å². The first kappa shape index (κ1) is 19.2. The third kappa shape index (κ3) is 41.6. The van der Waals surface area contributed by atoms with Crippen molar-refractivity contribution in [1.82, 2.24) is 0 Å². The van der Waals surface area contributed by atoms with Crippen LogP contribution in [0.2, 0.25) is 0 Å². The Bertz CT molecular complexity index is 321. The molecule has 0 N–H and O–H groups in total. The van der Waals surface area contributed by atoms with Crippen LogP contribution in [0.15, 0.2) is 30.3 Å². The van der Waals surface area contributed by atoms with Gasteiger partial charge in [0.25, 0.3) is 0 Å². The highest BCUT2D eigenvalue weighted by Gasteiger charge is 1.72. The van der Waals surface area contributed by atoms with Crippen molar-refractivity contribution in [3.63, 3.8) is 0 Å². The first-order valence-electron chi connectivity index (χ1n) is 3.44. The van der Waals surface area contributed by atoms with Crippen molar-refractivity contribution in [3.8, 4) is 0 Å². The molecule has 81 valence electrons. The van der Waals surface area contributed by atoms with Crippen LogP contribution >= 0.6 is 0 Å². The van der Waals surface area contributed by atoms with E-state index < -0.39 is 0 Å². The molecule has 0 bridgehead atoms. The Labute approximate surface area is 95.3 Å². The van der Waals surface area contributed by atoms with E-state index in [4.69, 9.17) is 30.6 Å². The van der Waals surface area contributed by atoms with Gasteiger partial charge in [-0.05, 0) is 18.2 Å². The molecule has 0 unspecified atom stereocenters. The van der Waals surface area contributed by atoms with Crippen LogP contribution in [-0.2, 0) is 14.4 Å². The molecule has 0 heterocycles. The molecule has 0 saturated heterocycles. The zero-order valence-corrected chi connectivity index (χ0v) is 8.95. The second-order valence-electron chi connectivity index (χ2n) is 1.64. The average Bonchev–Trinajstić information content (AvgIpc) is 2.22. The number of benzene rings is 1. The Morgan fingerprint density at radius 1 is 0.812 bits per heavy atom. The van der Waals surface area contributed by atoms with E-state index >= 15 is 0 Å². The summed E-state index contributed by atoms with van der Waals surface area (Å²) in [6.07, 6.45) is 1.50. The van der Waals surface area contributed by atoms with Gasteiger partial charge in [0.2, 0.25) is 0 Å². The fourth-order valence-electron chi connectivity index (χ4n) is 0.438. The summed E-state index contributed by atoms with van der Waals surface area (Å²) in [4.78, 5) is 24.7. The van der Waals surface area contributed by atoms with Crippen molar-refractivity contribution < 1.29 is 14.4 Å². The van der Waals surface area contributed by atoms with E-state index in [9.17, 15) is 0 Å². The topological polar surface area (TPSA) is 118 Å². The number of nitrogens with zero attached hydrogens (tertiary/aromatic N) is 3. The van der Waals surface area contributed by atoms with Crippen LogP contribution in [0, 0.1) is 0 Å². The zero-order chi connectivity index (χ0) is 13.2. The van der Waals surface area contributed by atoms with Crippen molar-refractivity contribution in [2.75, 3.05) is 0 Å². The molecule has 0 aliphatic rings. The van der Waals surface area contributed by atoms with Gasteiger partial charge in [-0.25, -0.2) is 0 Å². The average molecular weight is 231 g/mol. The summed E-state index contributed by atoms with van der Waals surface area (Å²) in [7, 11) is 3.36. The molecule has 0 amide bonds. The van der Waals surface area contributed by atoms with Gasteiger partial charge in [-0.15, -0.1) is 0 Å². The van der Waals surface area contributed by atoms with Crippen LogP contribution < -0.4 is 5.19 Å². The van der Waals surface area contributed by atoms with Crippen LogP contribution in [0.25, 0.3) is 16.2 Å². The van der Waals surface area contributed by atoms with Crippen LogP contribution in [0.1, 0.15) is 0 Å². The van der Waals surface area contributed by atoms with Gasteiger partial charge in [-0.2, -0.15) is 0 Å². The SMILES string of the molecule is [N-]=C=O.[N-]=C=O.[N-]=C=O.[Si]c1ccccc1. The van der Waals surface area contributed by atoms with Gasteiger partial charge in [-0.1, -0.05) is 35.5 Å². The molecule has 0 aromatic heterocycles. The molecular formula is C9H5N3O3Si-3. The predicted molar refractivity (Wildman–Crippen MR) is 59.0 cm³/mol. The molecule has 7 heteroatoms. The maximum absolute atomic E-state index is 8.24. The van der Waals surface area contributed by atoms with E-state index in [1.54, 1.807) is 0 Å². The van der Waals surface area contributed by atoms with E-state index in [0.717, 1.165) is 5.19 Å². The molecule has 3 radical (unpaired) electrons. The summed E-state index contributed by atoms with van der Waals surface area (Å²) in [6, 6.07) is 9.96. The minimum atomic E-state index is 0.500. The Morgan fingerprint density at radius 3 is 1.19 bits per heavy atom. The van der Waals surface area contributed by atoms with Crippen molar-refractivity contribution in [3.05, 3.63) is 46.6 Å². The van der Waals surface area contributed by atoms with Crippen molar-refractivity contribution in [1.29, 1.82) is 0 Å². The molecule has 1 aromatic rings. The van der Waals surface area contributed by atoms with Gasteiger partial charge in [0.15, 0.2) is 0 Å². The quantitative estimate of drug-likeness (QED) is 0.359. The molecule has 0 aliphatic carbocycles. The number of hydrogen-bond acceptors (Lipinski definition) is 3. The Morgan fingerprint density at radius 2 is 1.06 bits per heavy atom. The number of hydrogen-bond donors (Lipinski definition) is 0. The number of carbonyl (C=O) groups excluding carboxylic acids is 3. The Balaban J connectivity index is -0.000000161. The van der Waals surface area contributed by atoms with Gasteiger partial charge >= 0.3 is 0 Å². The van der Waals surface area contributed by atoms with E-state index in [-0.39, 0.29) is 0 Å². The lowest BCUT2D eigenvalue weighted by atomic mass is 10.4. The third-order valence-electron chi connectivity index (χ3n) is 0.774. The highest BCUT2D eigenvalue weighted by Crippen LogP contribution is 1.76. The zero-order valence-electron chi connectivity index (χ0n) is 7.95. The van der Waals surface area contributed by atoms with Gasteiger partial charge in [-0.3, -0.25) is 14.4 Å². The second-order valence-corrected chi connectivity index (χ2v) is 2.22. The third-order valence-corrected chi connectivity index (χ3v) is 1.11. The smallest absolute Gasteiger partial charge is 0.0711 e. The highest BCUT2D eigenvalue weighted by atomic mass is 28.1. The van der Waals surface area contributed by atoms with Gasteiger partial charge in [0.05, 0.1) is 10.2 Å². The molecule has 0 fully saturated rings. The Kier molecular flexibility index (Phi) is 27.5. The van der Waals surface area contributed by atoms with Gasteiger partial charge in [0, 0.05) is 0 Å². The van der Waals surface area contributed by atoms with Crippen LogP contribution in [0.3, 0.4) is 0 Å². The lowest BCUT2D eigenvalue weighted by Gasteiger charge is -1.82. The van der Waals surface area contributed by atoms with E-state index in [0.29, 0.717) is 18.2 Å². The molecule has 1 rings (SSSR count). The fraction of sp³-hybridized carbons (Fsp3) is 0. The molecule has 6 nitrogen and oxygen atoms in total. The lowest BCUT2D eigenvalue weighted by molar-refractivity contribution is 0.568. The largest absolute Gasteiger partial charge is 0.724 e. The van der Waals surface area contributed by atoms with Gasteiger partial charge in [0.1, 0.15) is 0 Å². The fourth-order valence-corrected chi connectivity index (χ4v) is 0.631. The predicted octanol–water partition coefficient (Wildman–Crippen LogP) is 0.155. The summed E-state index contributed by atoms with van der Waals surface area (Å²) >= 11 is 0.